The van der Waals surface area contributed by atoms with Crippen molar-refractivity contribution in [2.24, 2.45) is 0 Å². The molecule has 0 N–H and O–H groups in total. The minimum atomic E-state index is -0.513. The first-order valence-corrected chi connectivity index (χ1v) is 9.53. The van der Waals surface area contributed by atoms with E-state index in [0.717, 1.165) is 10.0 Å². The molecule has 0 radical (unpaired) electrons. The van der Waals surface area contributed by atoms with E-state index in [9.17, 15) is 9.59 Å². The number of ketones is 1. The van der Waals surface area contributed by atoms with E-state index in [-0.39, 0.29) is 11.5 Å². The molecule has 1 heterocycles. The second-order valence-electron chi connectivity index (χ2n) is 6.24. The Balaban J connectivity index is 1.54. The van der Waals surface area contributed by atoms with E-state index in [1.807, 2.05) is 24.3 Å². The number of allylic oxidation sites excluding steroid dienone is 1. The van der Waals surface area contributed by atoms with Gasteiger partial charge in [-0.3, -0.25) is 4.79 Å². The molecule has 0 atom stereocenters. The van der Waals surface area contributed by atoms with Crippen LogP contribution in [0.4, 0.5) is 0 Å². The van der Waals surface area contributed by atoms with E-state index in [4.69, 9.17) is 14.2 Å². The molecule has 0 aromatic heterocycles. The van der Waals surface area contributed by atoms with E-state index < -0.39 is 5.97 Å². The number of esters is 1. The number of fused-ring (bicyclic) bond motifs is 1. The lowest BCUT2D eigenvalue weighted by Gasteiger charge is -2.06. The predicted molar refractivity (Wildman–Crippen MR) is 111 cm³/mol. The van der Waals surface area contributed by atoms with Gasteiger partial charge in [0.25, 0.3) is 0 Å². The number of Topliss-reactive ketones (excluding diaryl/α,β-unsaturated/α-hetero) is 1. The van der Waals surface area contributed by atoms with Gasteiger partial charge in [-0.05, 0) is 54.1 Å². The van der Waals surface area contributed by atoms with Crippen molar-refractivity contribution >= 4 is 33.8 Å². The fraction of sp³-hybridized carbons (Fsp3) is 0.0435. The van der Waals surface area contributed by atoms with Gasteiger partial charge in [-0.15, -0.1) is 0 Å². The molecule has 1 aliphatic heterocycles. The molecule has 0 bridgehead atoms. The Morgan fingerprint density at radius 1 is 1.00 bits per heavy atom. The van der Waals surface area contributed by atoms with Gasteiger partial charge in [0.15, 0.2) is 5.76 Å². The third-order valence-electron chi connectivity index (χ3n) is 4.37. The molecule has 0 unspecified atom stereocenters. The molecule has 144 valence electrons. The number of halogens is 1. The van der Waals surface area contributed by atoms with Gasteiger partial charge in [0.2, 0.25) is 5.78 Å². The molecule has 0 saturated heterocycles. The van der Waals surface area contributed by atoms with Crippen molar-refractivity contribution in [2.45, 2.75) is 0 Å². The largest absolute Gasteiger partial charge is 0.497 e. The van der Waals surface area contributed by atoms with Crippen LogP contribution in [0.15, 0.2) is 77.0 Å². The zero-order valence-corrected chi connectivity index (χ0v) is 16.9. The third kappa shape index (κ3) is 3.93. The quantitative estimate of drug-likeness (QED) is 0.306. The smallest absolute Gasteiger partial charge is 0.343 e. The highest BCUT2D eigenvalue weighted by atomic mass is 79.9. The molecule has 6 heteroatoms. The van der Waals surface area contributed by atoms with E-state index >= 15 is 0 Å². The molecule has 0 aliphatic carbocycles. The number of carbonyl (C=O) groups excluding carboxylic acids is 2. The maximum atomic E-state index is 12.6. The number of hydrogen-bond donors (Lipinski definition) is 0. The van der Waals surface area contributed by atoms with Crippen LogP contribution in [0.5, 0.6) is 17.2 Å². The summed E-state index contributed by atoms with van der Waals surface area (Å²) >= 11 is 3.45. The summed E-state index contributed by atoms with van der Waals surface area (Å²) in [5, 5.41) is 0. The minimum absolute atomic E-state index is 0.213. The highest BCUT2D eigenvalue weighted by molar-refractivity contribution is 9.10. The molecule has 3 aromatic rings. The van der Waals surface area contributed by atoms with Crippen LogP contribution >= 0.6 is 15.9 Å². The van der Waals surface area contributed by atoms with Gasteiger partial charge in [0.05, 0.1) is 18.2 Å². The fourth-order valence-electron chi connectivity index (χ4n) is 2.86. The molecule has 29 heavy (non-hydrogen) atoms. The van der Waals surface area contributed by atoms with Crippen molar-refractivity contribution in [1.29, 1.82) is 0 Å². The average Bonchev–Trinajstić information content (AvgIpc) is 3.04. The Hall–Kier alpha value is -3.38. The molecular formula is C23H15BrO5. The van der Waals surface area contributed by atoms with E-state index in [0.29, 0.717) is 28.4 Å². The molecule has 0 amide bonds. The Kier molecular flexibility index (Phi) is 5.18. The van der Waals surface area contributed by atoms with Crippen molar-refractivity contribution < 1.29 is 23.8 Å². The molecule has 5 nitrogen and oxygen atoms in total. The van der Waals surface area contributed by atoms with E-state index in [2.05, 4.69) is 15.9 Å². The molecule has 1 aliphatic rings. The van der Waals surface area contributed by atoms with Crippen molar-refractivity contribution in [3.8, 4) is 17.2 Å². The Labute approximate surface area is 175 Å². The SMILES string of the molecule is COc1ccc(C(=O)Oc2ccc3c(c2)O/C(=C\c2ccccc2Br)C3=O)cc1. The second kappa shape index (κ2) is 7.93. The van der Waals surface area contributed by atoms with Gasteiger partial charge >= 0.3 is 5.97 Å². The predicted octanol–water partition coefficient (Wildman–Crippen LogP) is 5.29. The van der Waals surface area contributed by atoms with Crippen LogP contribution in [0.1, 0.15) is 26.3 Å². The van der Waals surface area contributed by atoms with Crippen molar-refractivity contribution in [2.75, 3.05) is 7.11 Å². The van der Waals surface area contributed by atoms with Crippen LogP contribution in [0, 0.1) is 0 Å². The number of methoxy groups -OCH3 is 1. The minimum Gasteiger partial charge on any atom is -0.497 e. The zero-order valence-electron chi connectivity index (χ0n) is 15.3. The van der Waals surface area contributed by atoms with Gasteiger partial charge in [-0.25, -0.2) is 4.79 Å². The number of ether oxygens (including phenoxy) is 3. The summed E-state index contributed by atoms with van der Waals surface area (Å²) < 4.78 is 17.1. The summed E-state index contributed by atoms with van der Waals surface area (Å²) in [7, 11) is 1.55. The number of hydrogen-bond acceptors (Lipinski definition) is 5. The summed E-state index contributed by atoms with van der Waals surface area (Å²) in [6, 6.07) is 18.8. The second-order valence-corrected chi connectivity index (χ2v) is 7.09. The number of benzene rings is 3. The van der Waals surface area contributed by atoms with Gasteiger partial charge < -0.3 is 14.2 Å². The molecule has 4 rings (SSSR count). The van der Waals surface area contributed by atoms with Gasteiger partial charge in [-0.2, -0.15) is 0 Å². The van der Waals surface area contributed by atoms with Crippen LogP contribution in [-0.2, 0) is 0 Å². The standard InChI is InChI=1S/C23H15BrO5/c1-27-16-8-6-14(7-9-16)23(26)28-17-10-11-18-20(13-17)29-21(22(18)25)12-15-4-2-3-5-19(15)24/h2-13H,1H3/b21-12-. The summed E-state index contributed by atoms with van der Waals surface area (Å²) in [5.74, 6) is 0.776. The van der Waals surface area contributed by atoms with Crippen LogP contribution in [0.2, 0.25) is 0 Å². The molecule has 3 aromatic carbocycles. The van der Waals surface area contributed by atoms with Crippen LogP contribution in [-0.4, -0.2) is 18.9 Å². The first-order chi connectivity index (χ1) is 14.0. The third-order valence-corrected chi connectivity index (χ3v) is 5.09. The van der Waals surface area contributed by atoms with Crippen molar-refractivity contribution in [3.63, 3.8) is 0 Å². The van der Waals surface area contributed by atoms with E-state index in [1.165, 1.54) is 6.07 Å². The number of rotatable bonds is 4. The highest BCUT2D eigenvalue weighted by Crippen LogP contribution is 2.35. The first kappa shape index (κ1) is 19.0. The monoisotopic (exact) mass is 450 g/mol. The lowest BCUT2D eigenvalue weighted by atomic mass is 10.1. The van der Waals surface area contributed by atoms with E-state index in [1.54, 1.807) is 49.6 Å². The molecule has 0 fully saturated rings. The maximum absolute atomic E-state index is 12.6. The van der Waals surface area contributed by atoms with Gasteiger partial charge in [-0.1, -0.05) is 34.1 Å². The van der Waals surface area contributed by atoms with Crippen molar-refractivity contribution in [3.05, 3.63) is 93.7 Å². The van der Waals surface area contributed by atoms with Crippen LogP contribution in [0.3, 0.4) is 0 Å². The Morgan fingerprint density at radius 3 is 2.45 bits per heavy atom. The Morgan fingerprint density at radius 2 is 1.72 bits per heavy atom. The highest BCUT2D eigenvalue weighted by Gasteiger charge is 2.28. The summed E-state index contributed by atoms with van der Waals surface area (Å²) in [5.41, 5.74) is 1.64. The molecule has 0 saturated carbocycles. The summed E-state index contributed by atoms with van der Waals surface area (Å²) in [6.07, 6.45) is 1.68. The van der Waals surface area contributed by atoms with Gasteiger partial charge in [0, 0.05) is 10.5 Å². The summed E-state index contributed by atoms with van der Waals surface area (Å²) in [6.45, 7) is 0. The molecule has 0 spiro atoms. The first-order valence-electron chi connectivity index (χ1n) is 8.74. The molecular weight excluding hydrogens is 436 g/mol. The van der Waals surface area contributed by atoms with Gasteiger partial charge in [0.1, 0.15) is 17.2 Å². The average molecular weight is 451 g/mol. The normalized spacial score (nSPS) is 13.7. The maximum Gasteiger partial charge on any atom is 0.343 e. The Bertz CT molecular complexity index is 1130. The lowest BCUT2D eigenvalue weighted by Crippen LogP contribution is -2.08. The van der Waals surface area contributed by atoms with Crippen LogP contribution < -0.4 is 14.2 Å². The lowest BCUT2D eigenvalue weighted by molar-refractivity contribution is 0.0734. The topological polar surface area (TPSA) is 61.8 Å². The fourth-order valence-corrected chi connectivity index (χ4v) is 3.26. The zero-order chi connectivity index (χ0) is 20.4. The van der Waals surface area contributed by atoms with Crippen LogP contribution in [0.25, 0.3) is 6.08 Å². The number of carbonyl (C=O) groups is 2. The van der Waals surface area contributed by atoms with Crippen molar-refractivity contribution in [1.82, 2.24) is 0 Å². The summed E-state index contributed by atoms with van der Waals surface area (Å²) in [4.78, 5) is 24.9.